The monoisotopic (exact) mass is 673 g/mol. The van der Waals surface area contributed by atoms with Crippen molar-refractivity contribution in [3.05, 3.63) is 46.1 Å². The Balaban J connectivity index is 1.30. The quantitative estimate of drug-likeness (QED) is 0.173. The maximum atomic E-state index is 12.5. The standard InChI is InChI=1S/C33H41Cl2N5O6/c1-4-12-44-15-16-45-14-6-32(41)40-10-8-39(9-11-40)7-5-13-46-31-19-27-24(17-30(31)43-3)33(23(21-36)22-37-27)38-28-20-29(42-2)26(35)18-25(28)34/h17-20,22H,4-16H2,1-3H3,(H,37,38). The number of carbonyl (C=O) groups is 1. The van der Waals surface area contributed by atoms with Crippen molar-refractivity contribution in [2.24, 2.45) is 0 Å². The Morgan fingerprint density at radius 1 is 0.935 bits per heavy atom. The summed E-state index contributed by atoms with van der Waals surface area (Å²) in [7, 11) is 3.08. The second-order valence-electron chi connectivity index (χ2n) is 10.7. The largest absolute Gasteiger partial charge is 0.495 e. The SMILES string of the molecule is CCCOCCOCCC(=O)N1CCN(CCCOc2cc3ncc(C#N)c(Nc4cc(OC)c(Cl)cc4Cl)c3cc2OC)CC1. The molecular weight excluding hydrogens is 633 g/mol. The molecule has 1 saturated heterocycles. The molecule has 0 radical (unpaired) electrons. The van der Waals surface area contributed by atoms with Crippen LogP contribution in [0.4, 0.5) is 11.4 Å². The van der Waals surface area contributed by atoms with Crippen molar-refractivity contribution in [2.75, 3.05) is 85.3 Å². The van der Waals surface area contributed by atoms with Crippen molar-refractivity contribution in [1.29, 1.82) is 5.26 Å². The predicted molar refractivity (Wildman–Crippen MR) is 179 cm³/mol. The van der Waals surface area contributed by atoms with E-state index < -0.39 is 0 Å². The van der Waals surface area contributed by atoms with E-state index in [1.807, 2.05) is 4.90 Å². The molecule has 1 aromatic heterocycles. The molecule has 248 valence electrons. The number of methoxy groups -OCH3 is 2. The van der Waals surface area contributed by atoms with Crippen LogP contribution in [0.1, 0.15) is 31.7 Å². The number of anilines is 2. The fourth-order valence-corrected chi connectivity index (χ4v) is 5.59. The van der Waals surface area contributed by atoms with Gasteiger partial charge in [0.05, 0.1) is 79.6 Å². The van der Waals surface area contributed by atoms with Crippen LogP contribution in [0.25, 0.3) is 10.9 Å². The predicted octanol–water partition coefficient (Wildman–Crippen LogP) is 5.92. The Morgan fingerprint density at radius 3 is 2.37 bits per heavy atom. The van der Waals surface area contributed by atoms with Crippen LogP contribution < -0.4 is 19.5 Å². The number of hydrogen-bond acceptors (Lipinski definition) is 10. The van der Waals surface area contributed by atoms with Crippen LogP contribution in [0.2, 0.25) is 10.0 Å². The zero-order valence-corrected chi connectivity index (χ0v) is 28.1. The highest BCUT2D eigenvalue weighted by Crippen LogP contribution is 2.40. The van der Waals surface area contributed by atoms with E-state index >= 15 is 0 Å². The van der Waals surface area contributed by atoms with Gasteiger partial charge in [-0.05, 0) is 25.0 Å². The number of piperazine rings is 1. The third-order valence-corrected chi connectivity index (χ3v) is 8.17. The highest BCUT2D eigenvalue weighted by Gasteiger charge is 2.21. The van der Waals surface area contributed by atoms with Crippen molar-refractivity contribution in [1.82, 2.24) is 14.8 Å². The number of amides is 1. The first-order valence-corrected chi connectivity index (χ1v) is 16.1. The molecule has 2 heterocycles. The molecule has 2 aromatic carbocycles. The maximum Gasteiger partial charge on any atom is 0.224 e. The van der Waals surface area contributed by atoms with Crippen molar-refractivity contribution in [3.8, 4) is 23.3 Å². The number of rotatable bonds is 17. The molecule has 1 amide bonds. The molecule has 1 N–H and O–H groups in total. The number of hydrogen-bond donors (Lipinski definition) is 1. The van der Waals surface area contributed by atoms with E-state index in [1.165, 1.54) is 13.3 Å². The minimum Gasteiger partial charge on any atom is -0.495 e. The lowest BCUT2D eigenvalue weighted by molar-refractivity contribution is -0.134. The summed E-state index contributed by atoms with van der Waals surface area (Å²) in [6.45, 7) is 8.68. The highest BCUT2D eigenvalue weighted by atomic mass is 35.5. The fraction of sp³-hybridized carbons (Fsp3) is 0.485. The lowest BCUT2D eigenvalue weighted by atomic mass is 10.1. The van der Waals surface area contributed by atoms with Gasteiger partial charge in [0.1, 0.15) is 11.8 Å². The minimum absolute atomic E-state index is 0.130. The first-order chi connectivity index (χ1) is 22.4. The molecule has 1 fully saturated rings. The first-order valence-electron chi connectivity index (χ1n) is 15.4. The smallest absolute Gasteiger partial charge is 0.224 e. The van der Waals surface area contributed by atoms with Crippen molar-refractivity contribution in [2.45, 2.75) is 26.2 Å². The molecule has 0 aliphatic carbocycles. The van der Waals surface area contributed by atoms with Gasteiger partial charge in [-0.25, -0.2) is 0 Å². The van der Waals surface area contributed by atoms with Gasteiger partial charge < -0.3 is 33.9 Å². The summed E-state index contributed by atoms with van der Waals surface area (Å²) in [5.41, 5.74) is 1.99. The molecule has 0 saturated carbocycles. The van der Waals surface area contributed by atoms with E-state index in [2.05, 4.69) is 28.2 Å². The average molecular weight is 675 g/mol. The summed E-state index contributed by atoms with van der Waals surface area (Å²) in [4.78, 5) is 21.3. The second kappa shape index (κ2) is 18.0. The summed E-state index contributed by atoms with van der Waals surface area (Å²) < 4.78 is 28.0. The molecule has 0 atom stereocenters. The van der Waals surface area contributed by atoms with Gasteiger partial charge in [-0.1, -0.05) is 30.1 Å². The number of nitrogens with zero attached hydrogens (tertiary/aromatic N) is 4. The molecule has 4 rings (SSSR count). The van der Waals surface area contributed by atoms with Crippen LogP contribution in [0.15, 0.2) is 30.5 Å². The first kappa shape index (κ1) is 35.3. The van der Waals surface area contributed by atoms with E-state index in [1.54, 1.807) is 31.4 Å². The average Bonchev–Trinajstić information content (AvgIpc) is 3.07. The molecule has 46 heavy (non-hydrogen) atoms. The summed E-state index contributed by atoms with van der Waals surface area (Å²) >= 11 is 12.7. The molecule has 0 spiro atoms. The third kappa shape index (κ3) is 9.50. The zero-order chi connectivity index (χ0) is 32.9. The van der Waals surface area contributed by atoms with Crippen LogP contribution >= 0.6 is 23.2 Å². The molecule has 13 heteroatoms. The van der Waals surface area contributed by atoms with Crippen LogP contribution in [-0.4, -0.2) is 101 Å². The van der Waals surface area contributed by atoms with E-state index in [-0.39, 0.29) is 5.91 Å². The topological polar surface area (TPSA) is 118 Å². The molecule has 1 aliphatic rings. The van der Waals surface area contributed by atoms with E-state index in [4.69, 9.17) is 46.9 Å². The van der Waals surface area contributed by atoms with Crippen LogP contribution in [0, 0.1) is 11.3 Å². The van der Waals surface area contributed by atoms with Crippen molar-refractivity contribution < 1.29 is 28.5 Å². The van der Waals surface area contributed by atoms with Gasteiger partial charge in [-0.3, -0.25) is 14.7 Å². The van der Waals surface area contributed by atoms with Gasteiger partial charge in [0.15, 0.2) is 11.5 Å². The molecule has 0 unspecified atom stereocenters. The number of ether oxygens (including phenoxy) is 5. The normalized spacial score (nSPS) is 13.4. The lowest BCUT2D eigenvalue weighted by Crippen LogP contribution is -2.49. The number of nitrogens with one attached hydrogen (secondary N) is 1. The van der Waals surface area contributed by atoms with E-state index in [9.17, 15) is 10.1 Å². The Labute approximate surface area is 280 Å². The minimum atomic E-state index is 0.130. The molecule has 0 bridgehead atoms. The van der Waals surface area contributed by atoms with Gasteiger partial charge in [0.25, 0.3) is 0 Å². The van der Waals surface area contributed by atoms with E-state index in [0.717, 1.165) is 39.1 Å². The van der Waals surface area contributed by atoms with Crippen LogP contribution in [-0.2, 0) is 14.3 Å². The summed E-state index contributed by atoms with van der Waals surface area (Å²) in [5, 5.41) is 14.5. The van der Waals surface area contributed by atoms with Crippen molar-refractivity contribution in [3.63, 3.8) is 0 Å². The van der Waals surface area contributed by atoms with Crippen LogP contribution in [0.3, 0.4) is 0 Å². The molecule has 11 nitrogen and oxygen atoms in total. The number of nitriles is 1. The number of carbonyl (C=O) groups excluding carboxylic acids is 1. The Hall–Kier alpha value is -3.53. The number of fused-ring (bicyclic) bond motifs is 1. The number of halogens is 2. The van der Waals surface area contributed by atoms with E-state index in [0.29, 0.717) is 101 Å². The second-order valence-corrected chi connectivity index (χ2v) is 11.5. The number of pyridine rings is 1. The molecule has 3 aromatic rings. The summed E-state index contributed by atoms with van der Waals surface area (Å²) in [6.07, 6.45) is 3.68. The fourth-order valence-electron chi connectivity index (χ4n) is 5.08. The number of aromatic nitrogens is 1. The lowest BCUT2D eigenvalue weighted by Gasteiger charge is -2.34. The van der Waals surface area contributed by atoms with Gasteiger partial charge in [0, 0.05) is 63.0 Å². The molecular formula is C33H41Cl2N5O6. The summed E-state index contributed by atoms with van der Waals surface area (Å²) in [6, 6.07) is 9.04. The van der Waals surface area contributed by atoms with Gasteiger partial charge in [0.2, 0.25) is 5.91 Å². The third-order valence-electron chi connectivity index (χ3n) is 7.56. The zero-order valence-electron chi connectivity index (χ0n) is 26.6. The summed E-state index contributed by atoms with van der Waals surface area (Å²) in [5.74, 6) is 1.64. The van der Waals surface area contributed by atoms with Gasteiger partial charge in [-0.2, -0.15) is 5.26 Å². The highest BCUT2D eigenvalue weighted by molar-refractivity contribution is 6.37. The van der Waals surface area contributed by atoms with Gasteiger partial charge >= 0.3 is 0 Å². The Bertz CT molecular complexity index is 1510. The molecule has 1 aliphatic heterocycles. The number of benzene rings is 2. The Kier molecular flexibility index (Phi) is 13.8. The van der Waals surface area contributed by atoms with Gasteiger partial charge in [-0.15, -0.1) is 0 Å². The Morgan fingerprint density at radius 2 is 1.67 bits per heavy atom. The van der Waals surface area contributed by atoms with Crippen molar-refractivity contribution >= 4 is 51.4 Å². The maximum absolute atomic E-state index is 12.5. The van der Waals surface area contributed by atoms with Crippen LogP contribution in [0.5, 0.6) is 17.2 Å².